The van der Waals surface area contributed by atoms with E-state index in [1.54, 1.807) is 7.11 Å². The Morgan fingerprint density at radius 1 is 1.35 bits per heavy atom. The molecule has 1 aromatic carbocycles. The lowest BCUT2D eigenvalue weighted by molar-refractivity contribution is 0.145. The van der Waals surface area contributed by atoms with Crippen molar-refractivity contribution >= 4 is 5.96 Å². The Hall–Kier alpha value is -1.55. The third-order valence-corrected chi connectivity index (χ3v) is 4.03. The van der Waals surface area contributed by atoms with Crippen LogP contribution in [0.2, 0.25) is 0 Å². The summed E-state index contributed by atoms with van der Waals surface area (Å²) in [5, 5.41) is 3.07. The number of nitrogens with two attached hydrogens (primary N) is 1. The van der Waals surface area contributed by atoms with Gasteiger partial charge in [0.1, 0.15) is 0 Å². The van der Waals surface area contributed by atoms with Crippen molar-refractivity contribution in [3.05, 3.63) is 35.9 Å². The Balaban J connectivity index is 1.86. The molecule has 3 N–H and O–H groups in total. The van der Waals surface area contributed by atoms with Gasteiger partial charge in [-0.25, -0.2) is 0 Å². The predicted molar refractivity (Wildman–Crippen MR) is 82.8 cm³/mol. The maximum atomic E-state index is 5.88. The first-order valence-electron chi connectivity index (χ1n) is 7.31. The molecule has 0 saturated heterocycles. The van der Waals surface area contributed by atoms with E-state index in [0.29, 0.717) is 24.5 Å². The van der Waals surface area contributed by atoms with Gasteiger partial charge in [-0.05, 0) is 30.2 Å². The average molecular weight is 275 g/mol. The number of methoxy groups -OCH3 is 1. The fourth-order valence-electron chi connectivity index (χ4n) is 2.69. The van der Waals surface area contributed by atoms with Crippen LogP contribution < -0.4 is 11.1 Å². The maximum Gasteiger partial charge on any atom is 0.188 e. The van der Waals surface area contributed by atoms with Gasteiger partial charge in [0.25, 0.3) is 0 Å². The summed E-state index contributed by atoms with van der Waals surface area (Å²) >= 11 is 0. The number of nitrogens with one attached hydrogen (secondary N) is 1. The molecule has 4 heteroatoms. The summed E-state index contributed by atoms with van der Waals surface area (Å²) in [6.07, 6.45) is 4.90. The van der Waals surface area contributed by atoms with Crippen LogP contribution in [0.5, 0.6) is 0 Å². The number of benzene rings is 1. The van der Waals surface area contributed by atoms with Crippen LogP contribution in [0.25, 0.3) is 0 Å². The first-order valence-corrected chi connectivity index (χ1v) is 7.31. The molecule has 0 aliphatic heterocycles. The van der Waals surface area contributed by atoms with Crippen molar-refractivity contribution in [1.29, 1.82) is 0 Å². The SMILES string of the molecule is COCCNC(N)=NCC1(Cc2ccccc2)CCC1. The Bertz CT molecular complexity index is 427. The number of hydrogen-bond acceptors (Lipinski definition) is 2. The number of ether oxygens (including phenoxy) is 1. The zero-order chi connectivity index (χ0) is 14.3. The van der Waals surface area contributed by atoms with Gasteiger partial charge in [-0.3, -0.25) is 4.99 Å². The van der Waals surface area contributed by atoms with Gasteiger partial charge in [-0.2, -0.15) is 0 Å². The lowest BCUT2D eigenvalue weighted by atomic mass is 9.65. The molecule has 1 aliphatic rings. The van der Waals surface area contributed by atoms with E-state index in [1.807, 2.05) is 0 Å². The van der Waals surface area contributed by atoms with E-state index in [4.69, 9.17) is 10.5 Å². The summed E-state index contributed by atoms with van der Waals surface area (Å²) in [6.45, 7) is 2.16. The fraction of sp³-hybridized carbons (Fsp3) is 0.562. The van der Waals surface area contributed by atoms with Crippen LogP contribution >= 0.6 is 0 Å². The molecule has 110 valence electrons. The molecule has 0 amide bonds. The van der Waals surface area contributed by atoms with E-state index in [-0.39, 0.29) is 0 Å². The molecule has 1 fully saturated rings. The molecule has 0 unspecified atom stereocenters. The average Bonchev–Trinajstić information content (AvgIpc) is 2.43. The Labute approximate surface area is 121 Å². The third kappa shape index (κ3) is 4.23. The lowest BCUT2D eigenvalue weighted by Crippen LogP contribution is -2.39. The second kappa shape index (κ2) is 7.29. The molecule has 20 heavy (non-hydrogen) atoms. The number of guanidine groups is 1. The van der Waals surface area contributed by atoms with Gasteiger partial charge >= 0.3 is 0 Å². The maximum absolute atomic E-state index is 5.88. The molecule has 0 heterocycles. The Kier molecular flexibility index (Phi) is 5.41. The van der Waals surface area contributed by atoms with Crippen molar-refractivity contribution in [2.45, 2.75) is 25.7 Å². The smallest absolute Gasteiger partial charge is 0.188 e. The highest BCUT2D eigenvalue weighted by atomic mass is 16.5. The standard InChI is InChI=1S/C16H25N3O/c1-20-11-10-18-15(17)19-13-16(8-5-9-16)12-14-6-3-2-4-7-14/h2-4,6-7H,5,8-13H2,1H3,(H3,17,18,19). The van der Waals surface area contributed by atoms with Crippen molar-refractivity contribution in [3.8, 4) is 0 Å². The molecule has 0 bridgehead atoms. The highest BCUT2D eigenvalue weighted by Crippen LogP contribution is 2.43. The van der Waals surface area contributed by atoms with Gasteiger partial charge in [-0.1, -0.05) is 36.8 Å². The molecule has 0 spiro atoms. The topological polar surface area (TPSA) is 59.6 Å². The highest BCUT2D eigenvalue weighted by molar-refractivity contribution is 5.77. The van der Waals surface area contributed by atoms with E-state index in [0.717, 1.165) is 13.0 Å². The Morgan fingerprint density at radius 3 is 2.70 bits per heavy atom. The summed E-state index contributed by atoms with van der Waals surface area (Å²) in [7, 11) is 1.68. The van der Waals surface area contributed by atoms with Crippen LogP contribution in [0.1, 0.15) is 24.8 Å². The highest BCUT2D eigenvalue weighted by Gasteiger charge is 2.36. The largest absolute Gasteiger partial charge is 0.383 e. The molecule has 1 aliphatic carbocycles. The molecule has 1 saturated carbocycles. The van der Waals surface area contributed by atoms with Crippen molar-refractivity contribution in [3.63, 3.8) is 0 Å². The molecule has 0 aromatic heterocycles. The van der Waals surface area contributed by atoms with Gasteiger partial charge in [0.05, 0.1) is 6.61 Å². The van der Waals surface area contributed by atoms with Crippen molar-refractivity contribution < 1.29 is 4.74 Å². The van der Waals surface area contributed by atoms with Gasteiger partial charge in [0.2, 0.25) is 0 Å². The minimum atomic E-state index is 0.314. The second-order valence-corrected chi connectivity index (χ2v) is 5.64. The number of rotatable bonds is 7. The fourth-order valence-corrected chi connectivity index (χ4v) is 2.69. The number of aliphatic imine (C=N–C) groups is 1. The zero-order valence-electron chi connectivity index (χ0n) is 12.3. The van der Waals surface area contributed by atoms with E-state index >= 15 is 0 Å². The molecular weight excluding hydrogens is 250 g/mol. The normalized spacial score (nSPS) is 17.6. The van der Waals surface area contributed by atoms with Crippen LogP contribution in [0.15, 0.2) is 35.3 Å². The quantitative estimate of drug-likeness (QED) is 0.454. The summed E-state index contributed by atoms with van der Waals surface area (Å²) in [4.78, 5) is 4.51. The molecule has 1 aromatic rings. The van der Waals surface area contributed by atoms with Crippen LogP contribution in [-0.4, -0.2) is 32.8 Å². The molecule has 0 radical (unpaired) electrons. The summed E-state index contributed by atoms with van der Waals surface area (Å²) in [5.41, 5.74) is 7.59. The number of hydrogen-bond donors (Lipinski definition) is 2. The van der Waals surface area contributed by atoms with E-state index in [9.17, 15) is 0 Å². The van der Waals surface area contributed by atoms with Crippen LogP contribution in [0.4, 0.5) is 0 Å². The third-order valence-electron chi connectivity index (χ3n) is 4.03. The molecule has 4 nitrogen and oxygen atoms in total. The molecule has 0 atom stereocenters. The van der Waals surface area contributed by atoms with Gasteiger partial charge < -0.3 is 15.8 Å². The zero-order valence-corrected chi connectivity index (χ0v) is 12.3. The first kappa shape index (κ1) is 14.9. The van der Waals surface area contributed by atoms with Crippen LogP contribution in [-0.2, 0) is 11.2 Å². The number of nitrogens with zero attached hydrogens (tertiary/aromatic N) is 1. The van der Waals surface area contributed by atoms with E-state index in [1.165, 1.54) is 24.8 Å². The minimum Gasteiger partial charge on any atom is -0.383 e. The van der Waals surface area contributed by atoms with Crippen molar-refractivity contribution in [2.24, 2.45) is 16.1 Å². The monoisotopic (exact) mass is 275 g/mol. The van der Waals surface area contributed by atoms with E-state index < -0.39 is 0 Å². The van der Waals surface area contributed by atoms with Crippen molar-refractivity contribution in [1.82, 2.24) is 5.32 Å². The minimum absolute atomic E-state index is 0.314. The van der Waals surface area contributed by atoms with E-state index in [2.05, 4.69) is 40.6 Å². The van der Waals surface area contributed by atoms with Crippen LogP contribution in [0, 0.1) is 5.41 Å². The summed E-state index contributed by atoms with van der Waals surface area (Å²) < 4.78 is 4.98. The van der Waals surface area contributed by atoms with Gasteiger partial charge in [0.15, 0.2) is 5.96 Å². The van der Waals surface area contributed by atoms with Gasteiger partial charge in [-0.15, -0.1) is 0 Å². The van der Waals surface area contributed by atoms with Gasteiger partial charge in [0, 0.05) is 20.2 Å². The van der Waals surface area contributed by atoms with Crippen LogP contribution in [0.3, 0.4) is 0 Å². The predicted octanol–water partition coefficient (Wildman–Crippen LogP) is 1.95. The summed E-state index contributed by atoms with van der Waals surface area (Å²) in [5.74, 6) is 0.529. The van der Waals surface area contributed by atoms with Crippen molar-refractivity contribution in [2.75, 3.05) is 26.8 Å². The lowest BCUT2D eigenvalue weighted by Gasteiger charge is -2.41. The molecule has 2 rings (SSSR count). The molecular formula is C16H25N3O. The summed E-state index contributed by atoms with van der Waals surface area (Å²) in [6, 6.07) is 10.7. The second-order valence-electron chi connectivity index (χ2n) is 5.64. The Morgan fingerprint density at radius 2 is 2.10 bits per heavy atom. The first-order chi connectivity index (χ1) is 9.74.